The predicted octanol–water partition coefficient (Wildman–Crippen LogP) is -0.0156. The number of Topliss-reactive ketones (excluding diaryl/α,β-unsaturated/α-hetero) is 1. The van der Waals surface area contributed by atoms with Crippen LogP contribution in [0.4, 0.5) is 0 Å². The van der Waals surface area contributed by atoms with Crippen molar-refractivity contribution in [3.05, 3.63) is 39.0 Å². The second kappa shape index (κ2) is 3.89. The van der Waals surface area contributed by atoms with E-state index in [0.29, 0.717) is 0 Å². The number of aromatic amines is 1. The highest BCUT2D eigenvalue weighted by molar-refractivity contribution is 5.83. The summed E-state index contributed by atoms with van der Waals surface area (Å²) in [6, 6.07) is 4.34. The number of phenols is 1. The van der Waals surface area contributed by atoms with Crippen LogP contribution in [0.2, 0.25) is 0 Å². The van der Waals surface area contributed by atoms with Gasteiger partial charge in [-0.15, -0.1) is 0 Å². The number of rotatable bonds is 2. The van der Waals surface area contributed by atoms with Crippen molar-refractivity contribution >= 4 is 16.7 Å². The minimum atomic E-state index is -0.709. The van der Waals surface area contributed by atoms with Gasteiger partial charge in [0.1, 0.15) is 11.5 Å². The third-order valence-corrected chi connectivity index (χ3v) is 2.38. The van der Waals surface area contributed by atoms with E-state index in [-0.39, 0.29) is 29.0 Å². The number of nitrogens with zero attached hydrogens (tertiary/aromatic N) is 1. The highest BCUT2D eigenvalue weighted by atomic mass is 16.3. The number of hydrogen-bond acceptors (Lipinski definition) is 4. The summed E-state index contributed by atoms with van der Waals surface area (Å²) in [7, 11) is 0. The number of fused-ring (bicyclic) bond motifs is 1. The van der Waals surface area contributed by atoms with Crippen LogP contribution >= 0.6 is 0 Å². The third kappa shape index (κ3) is 1.84. The summed E-state index contributed by atoms with van der Waals surface area (Å²) in [6.07, 6.45) is 0. The zero-order chi connectivity index (χ0) is 12.6. The van der Waals surface area contributed by atoms with Gasteiger partial charge in [-0.25, -0.2) is 4.79 Å². The topological polar surface area (TPSA) is 92.2 Å². The monoisotopic (exact) mass is 234 g/mol. The predicted molar refractivity (Wildman–Crippen MR) is 61.2 cm³/mol. The fourth-order valence-electron chi connectivity index (χ4n) is 1.63. The van der Waals surface area contributed by atoms with Crippen LogP contribution in [0, 0.1) is 0 Å². The Bertz CT molecular complexity index is 711. The van der Waals surface area contributed by atoms with Gasteiger partial charge in [-0.3, -0.25) is 14.2 Å². The number of aromatic hydroxyl groups is 1. The number of aromatic nitrogens is 2. The number of carbonyl (C=O) groups excluding carboxylic acids is 1. The maximum atomic E-state index is 11.9. The molecule has 0 unspecified atom stereocenters. The van der Waals surface area contributed by atoms with Gasteiger partial charge in [-0.05, 0) is 19.1 Å². The zero-order valence-corrected chi connectivity index (χ0v) is 9.06. The van der Waals surface area contributed by atoms with E-state index in [1.165, 1.54) is 25.1 Å². The van der Waals surface area contributed by atoms with Crippen molar-refractivity contribution < 1.29 is 9.90 Å². The summed E-state index contributed by atoms with van der Waals surface area (Å²) in [5.74, 6) is -0.469. The van der Waals surface area contributed by atoms with Gasteiger partial charge in [0.15, 0.2) is 0 Å². The average molecular weight is 234 g/mol. The molecule has 6 nitrogen and oxygen atoms in total. The number of H-pyrrole nitrogens is 1. The minimum Gasteiger partial charge on any atom is -0.506 e. The first-order chi connectivity index (χ1) is 8.00. The molecule has 88 valence electrons. The molecule has 0 fully saturated rings. The largest absolute Gasteiger partial charge is 0.506 e. The molecular formula is C11H10N2O4. The second-order valence-corrected chi connectivity index (χ2v) is 3.72. The molecule has 0 radical (unpaired) electrons. The Kier molecular flexibility index (Phi) is 2.55. The Morgan fingerprint density at radius 2 is 2.12 bits per heavy atom. The number of nitrogens with one attached hydrogen (secondary N) is 1. The normalized spacial score (nSPS) is 10.6. The van der Waals surface area contributed by atoms with E-state index in [1.54, 1.807) is 0 Å². The maximum absolute atomic E-state index is 11.9. The molecule has 0 atom stereocenters. The Morgan fingerprint density at radius 3 is 2.76 bits per heavy atom. The van der Waals surface area contributed by atoms with Crippen molar-refractivity contribution in [3.63, 3.8) is 0 Å². The van der Waals surface area contributed by atoms with Gasteiger partial charge < -0.3 is 10.1 Å². The summed E-state index contributed by atoms with van der Waals surface area (Å²) in [4.78, 5) is 36.8. The highest BCUT2D eigenvalue weighted by Crippen LogP contribution is 2.17. The lowest BCUT2D eigenvalue weighted by Crippen LogP contribution is -2.36. The van der Waals surface area contributed by atoms with Crippen molar-refractivity contribution in [1.29, 1.82) is 0 Å². The molecule has 17 heavy (non-hydrogen) atoms. The lowest BCUT2D eigenvalue weighted by atomic mass is 10.2. The summed E-state index contributed by atoms with van der Waals surface area (Å²) >= 11 is 0. The molecule has 1 aromatic carbocycles. The van der Waals surface area contributed by atoms with E-state index in [2.05, 4.69) is 4.98 Å². The molecule has 2 rings (SSSR count). The standard InChI is InChI=1S/C11H10N2O4/c1-6(14)5-13-10(16)7-3-2-4-8(15)9(7)12-11(13)17/h2-4,15H,5H2,1H3,(H,12,17). The molecule has 2 aromatic rings. The van der Waals surface area contributed by atoms with Gasteiger partial charge in [-0.1, -0.05) is 6.07 Å². The molecule has 2 N–H and O–H groups in total. The Labute approximate surface area is 95.1 Å². The molecule has 0 bridgehead atoms. The van der Waals surface area contributed by atoms with Crippen LogP contribution in [0.25, 0.3) is 10.9 Å². The molecule has 0 aliphatic heterocycles. The van der Waals surface area contributed by atoms with Crippen molar-refractivity contribution in [2.45, 2.75) is 13.5 Å². The van der Waals surface area contributed by atoms with Crippen LogP contribution in [0.1, 0.15) is 6.92 Å². The Hall–Kier alpha value is -2.37. The summed E-state index contributed by atoms with van der Waals surface area (Å²) in [5.41, 5.74) is -1.21. The minimum absolute atomic E-state index is 0.0855. The molecule has 0 saturated carbocycles. The lowest BCUT2D eigenvalue weighted by molar-refractivity contribution is -0.117. The summed E-state index contributed by atoms with van der Waals surface area (Å²) < 4.78 is 0.810. The van der Waals surface area contributed by atoms with Crippen LogP contribution in [0.3, 0.4) is 0 Å². The van der Waals surface area contributed by atoms with Crippen LogP contribution < -0.4 is 11.2 Å². The van der Waals surface area contributed by atoms with Gasteiger partial charge in [0, 0.05) is 0 Å². The zero-order valence-electron chi connectivity index (χ0n) is 9.06. The SMILES string of the molecule is CC(=O)Cn1c(=O)[nH]c2c(O)cccc2c1=O. The van der Waals surface area contributed by atoms with E-state index in [4.69, 9.17) is 0 Å². The molecular weight excluding hydrogens is 224 g/mol. The Balaban J connectivity index is 2.86. The first-order valence-corrected chi connectivity index (χ1v) is 4.95. The number of para-hydroxylation sites is 1. The molecule has 1 aromatic heterocycles. The fourth-order valence-corrected chi connectivity index (χ4v) is 1.63. The van der Waals surface area contributed by atoms with Crippen molar-refractivity contribution in [2.24, 2.45) is 0 Å². The number of phenolic OH excluding ortho intramolecular Hbond substituents is 1. The van der Waals surface area contributed by atoms with Crippen molar-refractivity contribution in [1.82, 2.24) is 9.55 Å². The highest BCUT2D eigenvalue weighted by Gasteiger charge is 2.10. The molecule has 0 amide bonds. The maximum Gasteiger partial charge on any atom is 0.329 e. The number of hydrogen-bond donors (Lipinski definition) is 2. The van der Waals surface area contributed by atoms with Crippen molar-refractivity contribution in [3.8, 4) is 5.75 Å². The molecule has 0 aliphatic rings. The van der Waals surface area contributed by atoms with Gasteiger partial charge >= 0.3 is 5.69 Å². The Morgan fingerprint density at radius 1 is 1.41 bits per heavy atom. The number of carbonyl (C=O) groups is 1. The fraction of sp³-hybridized carbons (Fsp3) is 0.182. The summed E-state index contributed by atoms with van der Waals surface area (Å²) in [6.45, 7) is 1.01. The van der Waals surface area contributed by atoms with Gasteiger partial charge in [0.2, 0.25) is 0 Å². The smallest absolute Gasteiger partial charge is 0.329 e. The first kappa shape index (κ1) is 11.1. The van der Waals surface area contributed by atoms with E-state index in [9.17, 15) is 19.5 Å². The van der Waals surface area contributed by atoms with Crippen LogP contribution in [-0.4, -0.2) is 20.4 Å². The van der Waals surface area contributed by atoms with Crippen LogP contribution in [0.5, 0.6) is 5.75 Å². The van der Waals surface area contributed by atoms with E-state index >= 15 is 0 Å². The molecule has 0 aliphatic carbocycles. The molecule has 0 saturated heterocycles. The van der Waals surface area contributed by atoms with Crippen molar-refractivity contribution in [2.75, 3.05) is 0 Å². The second-order valence-electron chi connectivity index (χ2n) is 3.72. The van der Waals surface area contributed by atoms with Gasteiger partial charge in [-0.2, -0.15) is 0 Å². The van der Waals surface area contributed by atoms with E-state index < -0.39 is 11.2 Å². The quantitative estimate of drug-likeness (QED) is 0.764. The average Bonchev–Trinajstić information content (AvgIpc) is 2.26. The van der Waals surface area contributed by atoms with Gasteiger partial charge in [0.05, 0.1) is 17.4 Å². The molecule has 6 heteroatoms. The van der Waals surface area contributed by atoms with E-state index in [1.807, 2.05) is 0 Å². The summed E-state index contributed by atoms with van der Waals surface area (Å²) in [5, 5.41) is 9.68. The first-order valence-electron chi connectivity index (χ1n) is 4.95. The van der Waals surface area contributed by atoms with Crippen LogP contribution in [0.15, 0.2) is 27.8 Å². The number of ketones is 1. The molecule has 1 heterocycles. The molecule has 0 spiro atoms. The van der Waals surface area contributed by atoms with Gasteiger partial charge in [0.25, 0.3) is 5.56 Å². The number of benzene rings is 1. The van der Waals surface area contributed by atoms with E-state index in [0.717, 1.165) is 4.57 Å². The third-order valence-electron chi connectivity index (χ3n) is 2.38. The lowest BCUT2D eigenvalue weighted by Gasteiger charge is -2.04. The van der Waals surface area contributed by atoms with Crippen LogP contribution in [-0.2, 0) is 11.3 Å².